The van der Waals surface area contributed by atoms with Gasteiger partial charge in [0.2, 0.25) is 11.5 Å². The van der Waals surface area contributed by atoms with Gasteiger partial charge in [-0.15, -0.1) is 0 Å². The summed E-state index contributed by atoms with van der Waals surface area (Å²) in [5.74, 6) is 2.44. The van der Waals surface area contributed by atoms with Crippen molar-refractivity contribution in [1.82, 2.24) is 0 Å². The Morgan fingerprint density at radius 1 is 0.618 bits per heavy atom. The zero-order chi connectivity index (χ0) is 50.1. The summed E-state index contributed by atoms with van der Waals surface area (Å²) in [7, 11) is -0.967. The monoisotopic (exact) mass is 930 g/mol. The number of Topliss-reactive ketones (excluding diaryl/α,β-unsaturated/α-hetero) is 1. The van der Waals surface area contributed by atoms with Gasteiger partial charge in [-0.2, -0.15) is 4.58 Å². The van der Waals surface area contributed by atoms with Gasteiger partial charge in [-0.1, -0.05) is 118 Å². The topological polar surface area (TPSA) is 80.5 Å². The highest BCUT2D eigenvalue weighted by atomic mass is 16.7. The van der Waals surface area contributed by atoms with Crippen LogP contribution in [0.2, 0.25) is 0 Å². The molecule has 0 spiro atoms. The zero-order valence-corrected chi connectivity index (χ0v) is 45.5. The molecule has 68 heavy (non-hydrogen) atoms. The van der Waals surface area contributed by atoms with Crippen molar-refractivity contribution >= 4 is 48.0 Å². The molecule has 4 heterocycles. The second-order valence-corrected chi connectivity index (χ2v) is 25.3. The third kappa shape index (κ3) is 9.93. The highest BCUT2D eigenvalue weighted by Gasteiger charge is 2.55. The maximum absolute atomic E-state index is 14.7. The standard InChI is InChI=1S/C58H86B2N2O6/c1-37(2)21-19-23-39(5)29-31-61-47-27-25-41(59-65-55(11,12)56(13,14)66-59)33-45(47)53(7,8)49(61)35-43-51(63)44(52(43)64)36-50-54(9,10)46-34-42(60-67-57(15,16)58(17,18)68-60)26-28-48(46)62(50)32-30-40(6)24-20-22-38(3)4/h25-28,33-40H,19-24,29-32H2,1-18H3/p+1. The average molecular weight is 930 g/mol. The highest BCUT2D eigenvalue weighted by Crippen LogP contribution is 2.50. The van der Waals surface area contributed by atoms with Crippen LogP contribution in [0.1, 0.15) is 187 Å². The van der Waals surface area contributed by atoms with E-state index in [0.717, 1.165) is 59.6 Å². The molecule has 0 amide bonds. The molecule has 0 aromatic heterocycles. The number of carbonyl (C=O) groups is 1. The van der Waals surface area contributed by atoms with Crippen LogP contribution in [0, 0.1) is 23.7 Å². The van der Waals surface area contributed by atoms with Crippen molar-refractivity contribution in [2.24, 2.45) is 23.7 Å². The molecule has 2 unspecified atom stereocenters. The van der Waals surface area contributed by atoms with Gasteiger partial charge in [0.1, 0.15) is 12.3 Å². The number of allylic oxidation sites excluding steroid dienone is 5. The Morgan fingerprint density at radius 3 is 1.60 bits per heavy atom. The van der Waals surface area contributed by atoms with Gasteiger partial charge >= 0.3 is 14.2 Å². The van der Waals surface area contributed by atoms with E-state index in [1.54, 1.807) is 0 Å². The van der Waals surface area contributed by atoms with Crippen LogP contribution in [-0.4, -0.2) is 70.9 Å². The quantitative estimate of drug-likeness (QED) is 0.0906. The zero-order valence-electron chi connectivity index (χ0n) is 45.5. The van der Waals surface area contributed by atoms with Crippen LogP contribution >= 0.6 is 0 Å². The molecular weight excluding hydrogens is 842 g/mol. The third-order valence-corrected chi connectivity index (χ3v) is 17.1. The molecule has 2 fully saturated rings. The van der Waals surface area contributed by atoms with Crippen molar-refractivity contribution < 1.29 is 33.1 Å². The van der Waals surface area contributed by atoms with Crippen LogP contribution < -0.4 is 15.8 Å². The van der Waals surface area contributed by atoms with Gasteiger partial charge < -0.3 is 28.6 Å². The van der Waals surface area contributed by atoms with E-state index in [1.165, 1.54) is 49.7 Å². The number of carbonyl (C=O) groups excluding carboxylic acids is 1. The van der Waals surface area contributed by atoms with Crippen LogP contribution in [0.3, 0.4) is 0 Å². The lowest BCUT2D eigenvalue weighted by Gasteiger charge is -2.32. The van der Waals surface area contributed by atoms with E-state index in [2.05, 4.69) is 171 Å². The molecule has 0 bridgehead atoms. The Kier molecular flexibility index (Phi) is 14.6. The lowest BCUT2D eigenvalue weighted by atomic mass is 9.73. The molecule has 2 atom stereocenters. The lowest BCUT2D eigenvalue weighted by molar-refractivity contribution is -0.439. The first-order valence-electron chi connectivity index (χ1n) is 26.3. The minimum absolute atomic E-state index is 0.0633. The van der Waals surface area contributed by atoms with Crippen molar-refractivity contribution in [3.8, 4) is 0 Å². The smallest absolute Gasteiger partial charge is 0.494 e. The number of nitrogens with zero attached hydrogens (tertiary/aromatic N) is 2. The number of anilines is 1. The molecule has 1 aliphatic carbocycles. The number of hydrogen-bond acceptors (Lipinski definition) is 7. The van der Waals surface area contributed by atoms with E-state index in [0.29, 0.717) is 34.8 Å². The summed E-state index contributed by atoms with van der Waals surface area (Å²) in [5, 5.41) is 12.1. The average Bonchev–Trinajstić information content (AvgIpc) is 3.78. The lowest BCUT2D eigenvalue weighted by Crippen LogP contribution is -2.41. The Bertz CT molecular complexity index is 2350. The van der Waals surface area contributed by atoms with Crippen LogP contribution in [0.5, 0.6) is 0 Å². The van der Waals surface area contributed by atoms with Crippen molar-refractivity contribution in [1.29, 1.82) is 0 Å². The van der Waals surface area contributed by atoms with Gasteiger partial charge in [0, 0.05) is 47.5 Å². The second kappa shape index (κ2) is 19.0. The minimum atomic E-state index is -0.484. The first kappa shape index (κ1) is 52.4. The van der Waals surface area contributed by atoms with Gasteiger partial charge in [-0.25, -0.2) is 0 Å². The maximum atomic E-state index is 14.7. The highest BCUT2D eigenvalue weighted by molar-refractivity contribution is 6.62. The first-order chi connectivity index (χ1) is 31.5. The van der Waals surface area contributed by atoms with Gasteiger partial charge in [-0.05, 0) is 128 Å². The van der Waals surface area contributed by atoms with Crippen LogP contribution in [0.15, 0.2) is 71.2 Å². The van der Waals surface area contributed by atoms with E-state index in [4.69, 9.17) is 18.6 Å². The Morgan fingerprint density at radius 2 is 1.10 bits per heavy atom. The molecule has 10 heteroatoms. The summed E-state index contributed by atoms with van der Waals surface area (Å²) in [6.07, 6.45) is 13.3. The van der Waals surface area contributed by atoms with Gasteiger partial charge in [0.15, 0.2) is 5.71 Å². The number of hydrogen-bond donors (Lipinski definition) is 1. The number of rotatable bonds is 18. The summed E-state index contributed by atoms with van der Waals surface area (Å²) in [6, 6.07) is 13.2. The molecule has 0 saturated carbocycles. The second-order valence-electron chi connectivity index (χ2n) is 25.3. The normalized spacial score (nSPS) is 24.0. The summed E-state index contributed by atoms with van der Waals surface area (Å²) in [6.45, 7) is 41.2. The summed E-state index contributed by atoms with van der Waals surface area (Å²) in [5.41, 5.74) is 6.60. The third-order valence-electron chi connectivity index (χ3n) is 17.1. The first-order valence-corrected chi connectivity index (χ1v) is 26.3. The fourth-order valence-corrected chi connectivity index (χ4v) is 10.8. The largest absolute Gasteiger partial charge is 0.506 e. The molecule has 2 aromatic carbocycles. The fraction of sp³-hybridized carbons (Fsp3) is 0.655. The maximum Gasteiger partial charge on any atom is 0.494 e. The van der Waals surface area contributed by atoms with Gasteiger partial charge in [0.25, 0.3) is 0 Å². The fourth-order valence-electron chi connectivity index (χ4n) is 10.8. The Balaban J connectivity index is 1.24. The predicted molar refractivity (Wildman–Crippen MR) is 283 cm³/mol. The summed E-state index contributed by atoms with van der Waals surface area (Å²) in [4.78, 5) is 17.1. The number of ketones is 1. The number of aliphatic hydroxyl groups is 1. The molecule has 2 aromatic rings. The SMILES string of the molecule is CC(C)CCCC(C)CCN1/C(=C/C2=C(O)C(=C\C3=[N+](CCC(C)CCCC(C)C)c4ccc(B5OC(C)(C)C(C)(C)O5)cc4C3(C)C)/C2=O)C(C)(C)c2cc(B3OC(C)(C)C(C)(C)O3)ccc21. The number of benzene rings is 2. The van der Waals surface area contributed by atoms with Crippen LogP contribution in [0.4, 0.5) is 11.4 Å². The van der Waals surface area contributed by atoms with E-state index in [-0.39, 0.29) is 11.5 Å². The van der Waals surface area contributed by atoms with E-state index >= 15 is 0 Å². The van der Waals surface area contributed by atoms with E-state index in [1.807, 2.05) is 12.2 Å². The minimum Gasteiger partial charge on any atom is -0.506 e. The Labute approximate surface area is 412 Å². The molecular formula is C58H87B2N2O6+. The van der Waals surface area contributed by atoms with Gasteiger partial charge in [-0.3, -0.25) is 4.79 Å². The predicted octanol–water partition coefficient (Wildman–Crippen LogP) is 12.4. The molecule has 370 valence electrons. The van der Waals surface area contributed by atoms with Crippen LogP contribution in [-0.2, 0) is 34.2 Å². The van der Waals surface area contributed by atoms with Crippen molar-refractivity contribution in [3.05, 3.63) is 82.3 Å². The molecule has 1 N–H and O–H groups in total. The van der Waals surface area contributed by atoms with Crippen LogP contribution in [0.25, 0.3) is 0 Å². The van der Waals surface area contributed by atoms with Gasteiger partial charge in [0.05, 0.1) is 39.0 Å². The summed E-state index contributed by atoms with van der Waals surface area (Å²) < 4.78 is 28.5. The molecule has 2 saturated heterocycles. The van der Waals surface area contributed by atoms with E-state index < -0.39 is 47.5 Å². The Hall–Kier alpha value is -3.43. The summed E-state index contributed by atoms with van der Waals surface area (Å²) >= 11 is 0. The van der Waals surface area contributed by atoms with Crippen molar-refractivity contribution in [3.63, 3.8) is 0 Å². The van der Waals surface area contributed by atoms with Crippen molar-refractivity contribution in [2.45, 2.75) is 209 Å². The molecule has 0 radical (unpaired) electrons. The van der Waals surface area contributed by atoms with E-state index in [9.17, 15) is 9.90 Å². The molecule has 7 rings (SSSR count). The van der Waals surface area contributed by atoms with Crippen molar-refractivity contribution in [2.75, 3.05) is 18.0 Å². The number of aliphatic hydroxyl groups excluding tert-OH is 1. The molecule has 5 aliphatic rings. The molecule has 8 nitrogen and oxygen atoms in total. The molecule has 4 aliphatic heterocycles. The number of fused-ring (bicyclic) bond motifs is 2.